The van der Waals surface area contributed by atoms with E-state index >= 15 is 0 Å². The molecule has 0 spiro atoms. The molecule has 2 rings (SSSR count). The molecule has 0 saturated heterocycles. The lowest BCUT2D eigenvalue weighted by molar-refractivity contribution is -0.00559. The normalized spacial score (nSPS) is 19.3. The highest BCUT2D eigenvalue weighted by Crippen LogP contribution is 2.36. The minimum Gasteiger partial charge on any atom is -0.478 e. The lowest BCUT2D eigenvalue weighted by Gasteiger charge is -2.34. The highest BCUT2D eigenvalue weighted by Gasteiger charge is 2.27. The number of aromatic carboxylic acids is 1. The molecule has 3 heteroatoms. The molecule has 0 amide bonds. The van der Waals surface area contributed by atoms with Gasteiger partial charge in [0, 0.05) is 0 Å². The number of benzene rings is 1. The SMILES string of the molecule is CC1(C)CCC(OCc2ccc(C(=O)O)cc2)CC1. The average molecular weight is 262 g/mol. The van der Waals surface area contributed by atoms with Gasteiger partial charge in [-0.25, -0.2) is 4.79 Å². The van der Waals surface area contributed by atoms with Crippen LogP contribution in [0, 0.1) is 5.41 Å². The molecule has 1 aliphatic rings. The maximum Gasteiger partial charge on any atom is 0.335 e. The summed E-state index contributed by atoms with van der Waals surface area (Å²) >= 11 is 0. The number of rotatable bonds is 4. The van der Waals surface area contributed by atoms with Crippen LogP contribution in [0.1, 0.15) is 55.5 Å². The first-order chi connectivity index (χ1) is 8.96. The van der Waals surface area contributed by atoms with Gasteiger partial charge in [-0.1, -0.05) is 26.0 Å². The summed E-state index contributed by atoms with van der Waals surface area (Å²) in [4.78, 5) is 10.7. The summed E-state index contributed by atoms with van der Waals surface area (Å²) < 4.78 is 5.92. The second kappa shape index (κ2) is 5.74. The van der Waals surface area contributed by atoms with Gasteiger partial charge in [-0.15, -0.1) is 0 Å². The molecule has 1 N–H and O–H groups in total. The van der Waals surface area contributed by atoms with Crippen LogP contribution in [0.15, 0.2) is 24.3 Å². The van der Waals surface area contributed by atoms with Crippen molar-refractivity contribution >= 4 is 5.97 Å². The van der Waals surface area contributed by atoms with Crippen molar-refractivity contribution in [2.45, 2.75) is 52.2 Å². The van der Waals surface area contributed by atoms with Crippen LogP contribution < -0.4 is 0 Å². The van der Waals surface area contributed by atoms with Gasteiger partial charge < -0.3 is 9.84 Å². The minimum absolute atomic E-state index is 0.322. The minimum atomic E-state index is -0.887. The van der Waals surface area contributed by atoms with Crippen LogP contribution >= 0.6 is 0 Å². The van der Waals surface area contributed by atoms with E-state index < -0.39 is 5.97 Å². The van der Waals surface area contributed by atoms with Gasteiger partial charge >= 0.3 is 5.97 Å². The molecule has 3 nitrogen and oxygen atoms in total. The topological polar surface area (TPSA) is 46.5 Å². The van der Waals surface area contributed by atoms with Gasteiger partial charge in [0.15, 0.2) is 0 Å². The molecule has 0 unspecified atom stereocenters. The third-order valence-corrected chi connectivity index (χ3v) is 3.97. The summed E-state index contributed by atoms with van der Waals surface area (Å²) in [6, 6.07) is 6.92. The van der Waals surface area contributed by atoms with Crippen LogP contribution in [0.5, 0.6) is 0 Å². The van der Waals surface area contributed by atoms with Crippen molar-refractivity contribution in [2.75, 3.05) is 0 Å². The first kappa shape index (κ1) is 14.1. The fourth-order valence-electron chi connectivity index (χ4n) is 2.50. The molecule has 19 heavy (non-hydrogen) atoms. The molecular weight excluding hydrogens is 240 g/mol. The van der Waals surface area contributed by atoms with Crippen molar-refractivity contribution in [3.63, 3.8) is 0 Å². The molecule has 0 atom stereocenters. The maximum atomic E-state index is 10.7. The number of carboxylic acid groups (broad SMARTS) is 1. The van der Waals surface area contributed by atoms with E-state index in [1.807, 2.05) is 12.1 Å². The number of carbonyl (C=O) groups is 1. The number of carboxylic acids is 1. The average Bonchev–Trinajstić information content (AvgIpc) is 2.38. The highest BCUT2D eigenvalue weighted by molar-refractivity contribution is 5.87. The fourth-order valence-corrected chi connectivity index (χ4v) is 2.50. The Hall–Kier alpha value is -1.35. The Balaban J connectivity index is 1.81. The molecule has 1 aromatic rings. The predicted molar refractivity (Wildman–Crippen MR) is 74.2 cm³/mol. The van der Waals surface area contributed by atoms with Gasteiger partial charge in [0.1, 0.15) is 0 Å². The molecule has 1 aromatic carbocycles. The van der Waals surface area contributed by atoms with Gasteiger partial charge in [-0.3, -0.25) is 0 Å². The standard InChI is InChI=1S/C16H22O3/c1-16(2)9-7-14(8-10-16)19-11-12-3-5-13(6-4-12)15(17)18/h3-6,14H,7-11H2,1-2H3,(H,17,18). The van der Waals surface area contributed by atoms with Crippen LogP contribution in [-0.4, -0.2) is 17.2 Å². The lowest BCUT2D eigenvalue weighted by Crippen LogP contribution is -2.26. The van der Waals surface area contributed by atoms with Crippen molar-refractivity contribution in [2.24, 2.45) is 5.41 Å². The molecule has 0 aliphatic heterocycles. The van der Waals surface area contributed by atoms with Gasteiger partial charge in [-0.2, -0.15) is 0 Å². The van der Waals surface area contributed by atoms with E-state index in [9.17, 15) is 4.79 Å². The first-order valence-corrected chi connectivity index (χ1v) is 6.90. The molecule has 0 aromatic heterocycles. The van der Waals surface area contributed by atoms with Crippen LogP contribution in [0.4, 0.5) is 0 Å². The molecule has 104 valence electrons. The van der Waals surface area contributed by atoms with Crippen molar-refractivity contribution in [3.05, 3.63) is 35.4 Å². The highest BCUT2D eigenvalue weighted by atomic mass is 16.5. The zero-order valence-corrected chi connectivity index (χ0v) is 11.7. The molecule has 1 fully saturated rings. The summed E-state index contributed by atoms with van der Waals surface area (Å²) in [6.45, 7) is 5.20. The van der Waals surface area contributed by atoms with Crippen LogP contribution in [-0.2, 0) is 11.3 Å². The zero-order valence-electron chi connectivity index (χ0n) is 11.7. The van der Waals surface area contributed by atoms with Crippen molar-refractivity contribution in [3.8, 4) is 0 Å². The molecule has 1 saturated carbocycles. The predicted octanol–water partition coefficient (Wildman–Crippen LogP) is 3.87. The first-order valence-electron chi connectivity index (χ1n) is 6.90. The van der Waals surface area contributed by atoms with Crippen LogP contribution in [0.3, 0.4) is 0 Å². The van der Waals surface area contributed by atoms with E-state index in [-0.39, 0.29) is 0 Å². The Kier molecular flexibility index (Phi) is 4.25. The van der Waals surface area contributed by atoms with Crippen LogP contribution in [0.2, 0.25) is 0 Å². The summed E-state index contributed by atoms with van der Waals surface area (Å²) in [6.07, 6.45) is 5.04. The van der Waals surface area contributed by atoms with E-state index in [0.29, 0.717) is 23.7 Å². The largest absolute Gasteiger partial charge is 0.478 e. The summed E-state index contributed by atoms with van der Waals surface area (Å²) in [5.41, 5.74) is 1.82. The van der Waals surface area contributed by atoms with Crippen molar-refractivity contribution < 1.29 is 14.6 Å². The maximum absolute atomic E-state index is 10.7. The van der Waals surface area contributed by atoms with Gasteiger partial charge in [-0.05, 0) is 48.8 Å². The smallest absolute Gasteiger partial charge is 0.335 e. The van der Waals surface area contributed by atoms with Gasteiger partial charge in [0.2, 0.25) is 0 Å². The second-order valence-corrected chi connectivity index (χ2v) is 6.18. The Labute approximate surface area is 114 Å². The summed E-state index contributed by atoms with van der Waals surface area (Å²) in [5, 5.41) is 8.83. The molecule has 0 heterocycles. The second-order valence-electron chi connectivity index (χ2n) is 6.18. The third kappa shape index (κ3) is 4.06. The Bertz CT molecular complexity index is 424. The molecule has 0 bridgehead atoms. The lowest BCUT2D eigenvalue weighted by atomic mass is 9.76. The Morgan fingerprint density at radius 3 is 2.37 bits per heavy atom. The summed E-state index contributed by atoms with van der Waals surface area (Å²) in [5.74, 6) is -0.887. The Morgan fingerprint density at radius 2 is 1.84 bits per heavy atom. The van der Waals surface area contributed by atoms with Gasteiger partial charge in [0.25, 0.3) is 0 Å². The summed E-state index contributed by atoms with van der Waals surface area (Å²) in [7, 11) is 0. The third-order valence-electron chi connectivity index (χ3n) is 3.97. The number of hydrogen-bond acceptors (Lipinski definition) is 2. The fraction of sp³-hybridized carbons (Fsp3) is 0.562. The van der Waals surface area contributed by atoms with E-state index in [4.69, 9.17) is 9.84 Å². The van der Waals surface area contributed by atoms with Crippen molar-refractivity contribution in [1.29, 1.82) is 0 Å². The van der Waals surface area contributed by atoms with E-state index in [1.165, 1.54) is 12.8 Å². The monoisotopic (exact) mass is 262 g/mol. The Morgan fingerprint density at radius 1 is 1.26 bits per heavy atom. The molecular formula is C16H22O3. The van der Waals surface area contributed by atoms with Crippen molar-refractivity contribution in [1.82, 2.24) is 0 Å². The van der Waals surface area contributed by atoms with E-state index in [2.05, 4.69) is 13.8 Å². The number of ether oxygens (including phenoxy) is 1. The van der Waals surface area contributed by atoms with Gasteiger partial charge in [0.05, 0.1) is 18.3 Å². The number of hydrogen-bond donors (Lipinski definition) is 1. The van der Waals surface area contributed by atoms with E-state index in [1.54, 1.807) is 12.1 Å². The quantitative estimate of drug-likeness (QED) is 0.896. The molecule has 1 aliphatic carbocycles. The van der Waals surface area contributed by atoms with E-state index in [0.717, 1.165) is 18.4 Å². The zero-order chi connectivity index (χ0) is 13.9. The van der Waals surface area contributed by atoms with Crippen LogP contribution in [0.25, 0.3) is 0 Å². The molecule has 0 radical (unpaired) electrons.